The van der Waals surface area contributed by atoms with Gasteiger partial charge in [0.1, 0.15) is 11.6 Å². The molecule has 0 saturated carbocycles. The molecule has 0 bridgehead atoms. The number of aromatic nitrogens is 4. The first-order valence-electron chi connectivity index (χ1n) is 16.7. The highest BCUT2D eigenvalue weighted by Gasteiger charge is 2.35. The van der Waals surface area contributed by atoms with Crippen molar-refractivity contribution in [3.05, 3.63) is 93.6 Å². The molecule has 0 fully saturated rings. The van der Waals surface area contributed by atoms with Crippen molar-refractivity contribution in [3.63, 3.8) is 0 Å². The Morgan fingerprint density at radius 2 is 1.86 bits per heavy atom. The Morgan fingerprint density at radius 1 is 1.08 bits per heavy atom. The van der Waals surface area contributed by atoms with Gasteiger partial charge >= 0.3 is 5.97 Å². The van der Waals surface area contributed by atoms with Gasteiger partial charge in [0, 0.05) is 30.8 Å². The second kappa shape index (κ2) is 16.2. The largest absolute Gasteiger partial charge is 0.469 e. The number of aliphatic hydroxyl groups is 1. The maximum Gasteiger partial charge on any atom is 0.305 e. The van der Waals surface area contributed by atoms with Gasteiger partial charge in [-0.2, -0.15) is 21.3 Å². The van der Waals surface area contributed by atoms with Crippen LogP contribution in [0.2, 0.25) is 0 Å². The summed E-state index contributed by atoms with van der Waals surface area (Å²) < 4.78 is 57.9. The van der Waals surface area contributed by atoms with E-state index in [0.29, 0.717) is 29.8 Å². The summed E-state index contributed by atoms with van der Waals surface area (Å²) in [6.45, 7) is 6.64. The number of thioether (sulfide) groups is 1. The van der Waals surface area contributed by atoms with Crippen LogP contribution in [0.15, 0.2) is 59.2 Å². The zero-order valence-corrected chi connectivity index (χ0v) is 31.7. The number of rotatable bonds is 16. The quantitative estimate of drug-likeness (QED) is 0.0584. The van der Waals surface area contributed by atoms with Crippen molar-refractivity contribution >= 4 is 44.6 Å². The molecule has 0 amide bonds. The summed E-state index contributed by atoms with van der Waals surface area (Å²) >= 11 is 5.05. The van der Waals surface area contributed by atoms with Crippen LogP contribution in [0.3, 0.4) is 0 Å². The average Bonchev–Trinajstić information content (AvgIpc) is 3.76. The summed E-state index contributed by atoms with van der Waals surface area (Å²) in [5.41, 5.74) is 1.31. The normalized spacial score (nSPS) is 13.1. The minimum atomic E-state index is -1.19. The van der Waals surface area contributed by atoms with E-state index < -0.39 is 22.9 Å². The summed E-state index contributed by atoms with van der Waals surface area (Å²) in [5, 5.41) is 14.5. The zero-order chi connectivity index (χ0) is 36.9. The molecular weight excluding hydrogens is 745 g/mol. The third-order valence-electron chi connectivity index (χ3n) is 9.12. The second-order valence-corrected chi connectivity index (χ2v) is 15.5. The maximum absolute atomic E-state index is 15.5. The number of halogens is 4. The van der Waals surface area contributed by atoms with Crippen LogP contribution in [0, 0.1) is 22.9 Å². The number of carbonyl (C=O) groups excluding carboxylic acids is 1. The van der Waals surface area contributed by atoms with Gasteiger partial charge in [-0.25, -0.2) is 18.4 Å². The Morgan fingerprint density at radius 3 is 2.61 bits per heavy atom. The molecule has 2 heterocycles. The van der Waals surface area contributed by atoms with Crippen LogP contribution in [0.25, 0.3) is 22.3 Å². The molecule has 2 N–H and O–H groups in total. The number of aliphatic hydroxyl groups excluding tert-OH is 1. The van der Waals surface area contributed by atoms with E-state index in [0.717, 1.165) is 29.7 Å². The third kappa shape index (κ3) is 8.64. The van der Waals surface area contributed by atoms with Crippen LogP contribution < -0.4 is 4.74 Å². The fraction of sp³-hybridized carbons (Fsp3) is 0.395. The molecule has 272 valence electrons. The van der Waals surface area contributed by atoms with E-state index in [9.17, 15) is 14.3 Å². The van der Waals surface area contributed by atoms with E-state index in [1.807, 2.05) is 18.2 Å². The van der Waals surface area contributed by atoms with Gasteiger partial charge in [0.05, 0.1) is 34.7 Å². The van der Waals surface area contributed by atoms with Crippen molar-refractivity contribution in [1.82, 2.24) is 19.7 Å². The third-order valence-corrected chi connectivity index (χ3v) is 11.4. The van der Waals surface area contributed by atoms with Crippen molar-refractivity contribution in [3.8, 4) is 22.9 Å². The minimum absolute atomic E-state index is 0.000616. The molecule has 2 aromatic heterocycles. The van der Waals surface area contributed by atoms with Crippen molar-refractivity contribution < 1.29 is 32.5 Å². The lowest BCUT2D eigenvalue weighted by atomic mass is 9.75. The van der Waals surface area contributed by atoms with E-state index >= 15 is 8.78 Å². The highest BCUT2D eigenvalue weighted by Crippen LogP contribution is 2.42. The number of carbonyl (C=O) groups is 1. The summed E-state index contributed by atoms with van der Waals surface area (Å²) in [5.74, 6) is -1.15. The molecule has 8 nitrogen and oxygen atoms in total. The van der Waals surface area contributed by atoms with Crippen molar-refractivity contribution in [2.24, 2.45) is 12.5 Å². The molecule has 0 spiro atoms. The lowest BCUT2D eigenvalue weighted by molar-refractivity contribution is -0.140. The van der Waals surface area contributed by atoms with Gasteiger partial charge in [0.2, 0.25) is 5.82 Å². The monoisotopic (exact) mass is 786 g/mol. The molecule has 5 aromatic rings. The minimum Gasteiger partial charge on any atom is -0.469 e. The fourth-order valence-electron chi connectivity index (χ4n) is 6.17. The van der Waals surface area contributed by atoms with Gasteiger partial charge in [0.25, 0.3) is 0 Å². The van der Waals surface area contributed by atoms with Crippen molar-refractivity contribution in [1.29, 1.82) is 0 Å². The lowest BCUT2D eigenvalue weighted by Crippen LogP contribution is -2.27. The number of nitrogens with zero attached hydrogens (tertiary/aromatic N) is 3. The molecular formula is C38H42BrF3N4O4S. The van der Waals surface area contributed by atoms with E-state index in [-0.39, 0.29) is 57.3 Å². The lowest BCUT2D eigenvalue weighted by Gasteiger charge is -2.30. The van der Waals surface area contributed by atoms with Crippen molar-refractivity contribution in [2.75, 3.05) is 25.2 Å². The molecule has 0 aliphatic carbocycles. The molecule has 5 rings (SSSR count). The molecule has 1 unspecified atom stereocenters. The molecule has 3 aromatic carbocycles. The van der Waals surface area contributed by atoms with Crippen LogP contribution in [-0.4, -0.2) is 56.0 Å². The van der Waals surface area contributed by atoms with Gasteiger partial charge in [-0.1, -0.05) is 44.5 Å². The number of aromatic amines is 1. The Labute approximate surface area is 308 Å². The molecule has 0 aliphatic heterocycles. The molecule has 0 saturated heterocycles. The van der Waals surface area contributed by atoms with Crippen LogP contribution in [0.1, 0.15) is 63.4 Å². The first-order chi connectivity index (χ1) is 24.3. The predicted molar refractivity (Wildman–Crippen MR) is 198 cm³/mol. The number of aryl methyl sites for hydroxylation is 2. The van der Waals surface area contributed by atoms with Gasteiger partial charge in [0.15, 0.2) is 23.2 Å². The first-order valence-corrected chi connectivity index (χ1v) is 18.6. The van der Waals surface area contributed by atoms with Crippen LogP contribution in [0.4, 0.5) is 13.2 Å². The number of esters is 1. The topological polar surface area (TPSA) is 102 Å². The highest BCUT2D eigenvalue weighted by molar-refractivity contribution is 9.10. The fourth-order valence-corrected chi connectivity index (χ4v) is 7.73. The second-order valence-electron chi connectivity index (χ2n) is 13.6. The standard InChI is InChI=1S/C38H42BrF3N4O4S/c1-37(2,22-51-19-18-47)15-7-16-38(3,24-9-6-8-23(20-24)10-13-29(48)49-5)36-44-35(46(4)45-36)27-21-25(11-12-28(27)40)50-34-30(39)26-14-17-43-33(26)31(41)32(34)42/h6,8-9,11-12,14,17,20-21,43,47H,7,10,13,15-16,18-19,22H2,1-5H3. The number of fused-ring (bicyclic) bond motifs is 1. The van der Waals surface area contributed by atoms with Crippen LogP contribution >= 0.6 is 27.7 Å². The number of hydrogen-bond donors (Lipinski definition) is 2. The number of nitrogens with one attached hydrogen (secondary N) is 1. The SMILES string of the molecule is COC(=O)CCc1cccc(C(C)(CCCC(C)(C)CSCCO)c2nc(-c3cc(Oc4c(F)c(F)c5[nH]ccc5c4Br)ccc3F)n(C)n2)c1. The summed E-state index contributed by atoms with van der Waals surface area (Å²) in [7, 11) is 3.05. The summed E-state index contributed by atoms with van der Waals surface area (Å²) in [6, 6.07) is 13.5. The molecule has 0 radical (unpaired) electrons. The summed E-state index contributed by atoms with van der Waals surface area (Å²) in [6.07, 6.45) is 4.67. The Bertz CT molecular complexity index is 2020. The number of ether oxygens (including phenoxy) is 2. The summed E-state index contributed by atoms with van der Waals surface area (Å²) in [4.78, 5) is 19.5. The smallest absolute Gasteiger partial charge is 0.305 e. The first kappa shape index (κ1) is 38.4. The molecule has 0 aliphatic rings. The van der Waals surface area contributed by atoms with Crippen molar-refractivity contribution in [2.45, 2.75) is 58.3 Å². The maximum atomic E-state index is 15.5. The van der Waals surface area contributed by atoms with Crippen LogP contribution in [-0.2, 0) is 28.4 Å². The van der Waals surface area contributed by atoms with Gasteiger partial charge in [-0.3, -0.25) is 4.79 Å². The Hall–Kier alpha value is -3.81. The Balaban J connectivity index is 1.50. The van der Waals surface area contributed by atoms with E-state index in [1.54, 1.807) is 24.9 Å². The van der Waals surface area contributed by atoms with Crippen LogP contribution in [0.5, 0.6) is 11.5 Å². The Kier molecular flexibility index (Phi) is 12.2. The van der Waals surface area contributed by atoms with Gasteiger partial charge in [-0.15, -0.1) is 0 Å². The van der Waals surface area contributed by atoms with E-state index in [2.05, 4.69) is 47.8 Å². The van der Waals surface area contributed by atoms with Gasteiger partial charge < -0.3 is 19.6 Å². The molecule has 13 heteroatoms. The average molecular weight is 788 g/mol. The molecule has 51 heavy (non-hydrogen) atoms. The number of H-pyrrole nitrogens is 1. The highest BCUT2D eigenvalue weighted by atomic mass is 79.9. The predicted octanol–water partition coefficient (Wildman–Crippen LogP) is 9.27. The molecule has 1 atom stereocenters. The van der Waals surface area contributed by atoms with Gasteiger partial charge in [-0.05, 0) is 88.7 Å². The van der Waals surface area contributed by atoms with E-state index in [1.165, 1.54) is 36.2 Å². The number of methoxy groups -OCH3 is 1. The number of benzene rings is 3. The zero-order valence-electron chi connectivity index (χ0n) is 29.3. The van der Waals surface area contributed by atoms with E-state index in [4.69, 9.17) is 19.6 Å². The number of hydrogen-bond acceptors (Lipinski definition) is 7.